The summed E-state index contributed by atoms with van der Waals surface area (Å²) >= 11 is 12.3. The second-order valence-electron chi connectivity index (χ2n) is 8.02. The molecule has 0 aliphatic rings. The molecule has 7 heteroatoms. The van der Waals surface area contributed by atoms with Crippen LogP contribution in [-0.4, -0.2) is 34.9 Å². The molecule has 5 nitrogen and oxygen atoms in total. The van der Waals surface area contributed by atoms with E-state index in [1.807, 2.05) is 45.9 Å². The molecule has 0 aliphatic carbocycles. The Labute approximate surface area is 188 Å². The van der Waals surface area contributed by atoms with Gasteiger partial charge in [0.2, 0.25) is 5.91 Å². The van der Waals surface area contributed by atoms with Crippen LogP contribution in [0.15, 0.2) is 48.5 Å². The van der Waals surface area contributed by atoms with Gasteiger partial charge in [-0.15, -0.1) is 0 Å². The standard InChI is InChI=1S/C23H28Cl2N2O3/c1-5-20(22(29)26-23(2,3)4)27(14-16-9-6-7-12-19(16)25)21(28)15-30-18-11-8-10-17(24)13-18/h6-13,20H,5,14-15H2,1-4H3,(H,26,29)/t20-/m1/s1. The van der Waals surface area contributed by atoms with E-state index in [1.165, 1.54) is 4.90 Å². The molecule has 0 fully saturated rings. The van der Waals surface area contributed by atoms with Crippen LogP contribution < -0.4 is 10.1 Å². The number of hydrogen-bond acceptors (Lipinski definition) is 3. The summed E-state index contributed by atoms with van der Waals surface area (Å²) in [6, 6.07) is 13.5. The molecule has 2 rings (SSSR count). The molecule has 0 spiro atoms. The highest BCUT2D eigenvalue weighted by Crippen LogP contribution is 2.21. The average Bonchev–Trinajstić information content (AvgIpc) is 2.66. The lowest BCUT2D eigenvalue weighted by Crippen LogP contribution is -2.54. The largest absolute Gasteiger partial charge is 0.484 e. The highest BCUT2D eigenvalue weighted by Gasteiger charge is 2.31. The van der Waals surface area contributed by atoms with Crippen molar-refractivity contribution < 1.29 is 14.3 Å². The van der Waals surface area contributed by atoms with E-state index in [4.69, 9.17) is 27.9 Å². The number of halogens is 2. The van der Waals surface area contributed by atoms with Crippen molar-refractivity contribution >= 4 is 35.0 Å². The van der Waals surface area contributed by atoms with Crippen molar-refractivity contribution in [2.45, 2.75) is 52.2 Å². The van der Waals surface area contributed by atoms with E-state index in [0.717, 1.165) is 5.56 Å². The van der Waals surface area contributed by atoms with Crippen molar-refractivity contribution in [3.63, 3.8) is 0 Å². The van der Waals surface area contributed by atoms with Gasteiger partial charge in [0.05, 0.1) is 0 Å². The molecular weight excluding hydrogens is 423 g/mol. The molecule has 2 aromatic carbocycles. The van der Waals surface area contributed by atoms with E-state index >= 15 is 0 Å². The maximum atomic E-state index is 13.1. The van der Waals surface area contributed by atoms with E-state index in [0.29, 0.717) is 22.2 Å². The molecule has 162 valence electrons. The topological polar surface area (TPSA) is 58.6 Å². The van der Waals surface area contributed by atoms with Gasteiger partial charge in [0.1, 0.15) is 11.8 Å². The Morgan fingerprint density at radius 3 is 2.40 bits per heavy atom. The lowest BCUT2D eigenvalue weighted by molar-refractivity contribution is -0.143. The van der Waals surface area contributed by atoms with Crippen molar-refractivity contribution in [3.05, 3.63) is 64.1 Å². The van der Waals surface area contributed by atoms with Crippen LogP contribution in [0.4, 0.5) is 0 Å². The minimum absolute atomic E-state index is 0.202. The summed E-state index contributed by atoms with van der Waals surface area (Å²) in [4.78, 5) is 27.6. The first kappa shape index (κ1) is 24.0. The van der Waals surface area contributed by atoms with Gasteiger partial charge in [-0.25, -0.2) is 0 Å². The number of amides is 2. The van der Waals surface area contributed by atoms with Gasteiger partial charge in [0.25, 0.3) is 5.91 Å². The minimum Gasteiger partial charge on any atom is -0.484 e. The van der Waals surface area contributed by atoms with E-state index in [1.54, 1.807) is 30.3 Å². The van der Waals surface area contributed by atoms with Gasteiger partial charge >= 0.3 is 0 Å². The van der Waals surface area contributed by atoms with Crippen molar-refractivity contribution in [3.8, 4) is 5.75 Å². The summed E-state index contributed by atoms with van der Waals surface area (Å²) in [6.45, 7) is 7.56. The van der Waals surface area contributed by atoms with Crippen LogP contribution in [0.3, 0.4) is 0 Å². The second-order valence-corrected chi connectivity index (χ2v) is 8.87. The first-order valence-corrected chi connectivity index (χ1v) is 10.6. The van der Waals surface area contributed by atoms with Crippen LogP contribution in [0, 0.1) is 0 Å². The summed E-state index contributed by atoms with van der Waals surface area (Å²) in [7, 11) is 0. The van der Waals surface area contributed by atoms with Crippen LogP contribution in [0.2, 0.25) is 10.0 Å². The van der Waals surface area contributed by atoms with Crippen LogP contribution in [0.25, 0.3) is 0 Å². The SMILES string of the molecule is CC[C@H](C(=O)NC(C)(C)C)N(Cc1ccccc1Cl)C(=O)COc1cccc(Cl)c1. The Morgan fingerprint density at radius 1 is 1.10 bits per heavy atom. The normalized spacial score (nSPS) is 12.2. The number of nitrogens with zero attached hydrogens (tertiary/aromatic N) is 1. The summed E-state index contributed by atoms with van der Waals surface area (Å²) in [5, 5.41) is 4.02. The van der Waals surface area contributed by atoms with Gasteiger partial charge in [-0.05, 0) is 57.0 Å². The summed E-state index contributed by atoms with van der Waals surface area (Å²) < 4.78 is 5.63. The zero-order valence-corrected chi connectivity index (χ0v) is 19.3. The van der Waals surface area contributed by atoms with E-state index in [-0.39, 0.29) is 25.0 Å². The van der Waals surface area contributed by atoms with Crippen molar-refractivity contribution in [2.24, 2.45) is 0 Å². The fraction of sp³-hybridized carbons (Fsp3) is 0.391. The fourth-order valence-corrected chi connectivity index (χ4v) is 3.34. The van der Waals surface area contributed by atoms with Crippen LogP contribution >= 0.6 is 23.2 Å². The fourth-order valence-electron chi connectivity index (χ4n) is 2.97. The number of carbonyl (C=O) groups is 2. The smallest absolute Gasteiger partial charge is 0.261 e. The van der Waals surface area contributed by atoms with Crippen molar-refractivity contribution in [1.29, 1.82) is 0 Å². The maximum absolute atomic E-state index is 13.1. The zero-order valence-electron chi connectivity index (χ0n) is 17.7. The number of ether oxygens (including phenoxy) is 1. The monoisotopic (exact) mass is 450 g/mol. The minimum atomic E-state index is -0.657. The van der Waals surface area contributed by atoms with Gasteiger partial charge in [-0.1, -0.05) is 54.4 Å². The van der Waals surface area contributed by atoms with Crippen LogP contribution in [0.5, 0.6) is 5.75 Å². The molecule has 0 aliphatic heterocycles. The lowest BCUT2D eigenvalue weighted by atomic mass is 10.1. The quantitative estimate of drug-likeness (QED) is 0.608. The number of carbonyl (C=O) groups excluding carboxylic acids is 2. The molecule has 0 saturated heterocycles. The molecule has 1 N–H and O–H groups in total. The van der Waals surface area contributed by atoms with Crippen LogP contribution in [0.1, 0.15) is 39.7 Å². The molecular formula is C23H28Cl2N2O3. The van der Waals surface area contributed by atoms with E-state index in [2.05, 4.69) is 5.32 Å². The molecule has 30 heavy (non-hydrogen) atoms. The number of benzene rings is 2. The third-order valence-corrected chi connectivity index (χ3v) is 4.94. The van der Waals surface area contributed by atoms with Gasteiger partial charge in [0.15, 0.2) is 6.61 Å². The molecule has 0 unspecified atom stereocenters. The summed E-state index contributed by atoms with van der Waals surface area (Å²) in [6.07, 6.45) is 0.454. The molecule has 2 aromatic rings. The molecule has 0 bridgehead atoms. The van der Waals surface area contributed by atoms with Crippen molar-refractivity contribution in [1.82, 2.24) is 10.2 Å². The first-order chi connectivity index (χ1) is 14.1. The molecule has 2 amide bonds. The Kier molecular flexibility index (Phi) is 8.56. The van der Waals surface area contributed by atoms with Gasteiger partial charge in [-0.2, -0.15) is 0 Å². The predicted octanol–water partition coefficient (Wildman–Crippen LogP) is 5.09. The molecule has 0 saturated carbocycles. The third kappa shape index (κ3) is 7.22. The molecule has 1 atom stereocenters. The van der Waals surface area contributed by atoms with Crippen LogP contribution in [-0.2, 0) is 16.1 Å². The second kappa shape index (κ2) is 10.7. The Hall–Kier alpha value is -2.24. The van der Waals surface area contributed by atoms with Gasteiger partial charge in [0, 0.05) is 22.1 Å². The average molecular weight is 451 g/mol. The summed E-state index contributed by atoms with van der Waals surface area (Å²) in [5.74, 6) is -0.0419. The number of hydrogen-bond donors (Lipinski definition) is 1. The van der Waals surface area contributed by atoms with Gasteiger partial charge < -0.3 is 15.0 Å². The Bertz CT molecular complexity index is 881. The predicted molar refractivity (Wildman–Crippen MR) is 121 cm³/mol. The van der Waals surface area contributed by atoms with Crippen molar-refractivity contribution in [2.75, 3.05) is 6.61 Å². The van der Waals surface area contributed by atoms with Gasteiger partial charge in [-0.3, -0.25) is 9.59 Å². The molecule has 0 heterocycles. The number of rotatable bonds is 8. The summed E-state index contributed by atoms with van der Waals surface area (Å²) in [5.41, 5.74) is 0.346. The maximum Gasteiger partial charge on any atom is 0.261 e. The highest BCUT2D eigenvalue weighted by molar-refractivity contribution is 6.31. The lowest BCUT2D eigenvalue weighted by Gasteiger charge is -2.33. The first-order valence-electron chi connectivity index (χ1n) is 9.84. The zero-order chi connectivity index (χ0) is 22.3. The molecule has 0 radical (unpaired) electrons. The third-order valence-electron chi connectivity index (χ3n) is 4.34. The van der Waals surface area contributed by atoms with E-state index in [9.17, 15) is 9.59 Å². The Balaban J connectivity index is 2.25. The highest BCUT2D eigenvalue weighted by atomic mass is 35.5. The number of nitrogens with one attached hydrogen (secondary N) is 1. The van der Waals surface area contributed by atoms with E-state index < -0.39 is 11.6 Å². The molecule has 0 aromatic heterocycles. The Morgan fingerprint density at radius 2 is 1.80 bits per heavy atom.